The molecule has 11 rings (SSSR count). The van der Waals surface area contributed by atoms with Crippen LogP contribution in [0.3, 0.4) is 0 Å². The van der Waals surface area contributed by atoms with Crippen LogP contribution in [0.1, 0.15) is 0 Å². The van der Waals surface area contributed by atoms with Crippen LogP contribution < -0.4 is 4.90 Å². The van der Waals surface area contributed by atoms with Gasteiger partial charge in [0.1, 0.15) is 5.52 Å². The van der Waals surface area contributed by atoms with E-state index in [1.54, 1.807) is 0 Å². The maximum Gasteiger partial charge on any atom is 0.227 e. The summed E-state index contributed by atoms with van der Waals surface area (Å²) in [6.07, 6.45) is 0. The summed E-state index contributed by atoms with van der Waals surface area (Å²) in [5, 5.41) is 7.10. The Bertz CT molecular complexity index is 3190. The van der Waals surface area contributed by atoms with Gasteiger partial charge in [0.2, 0.25) is 5.89 Å². The standard InChI is InChI=1S/C51H33N3O/c1-2-13-40(14-3-1)54-48-17-9-8-16-45(48)46-33-43(29-31-49(46)54)53(41-25-20-35(21-26-41)39-19-18-34-10-4-5-12-38(34)32-39)42-27-22-37(23-28-42)51-52-47-30-24-36-11-6-7-15-44(36)50(47)55-51/h1-33H. The van der Waals surface area contributed by atoms with Gasteiger partial charge in [-0.1, -0.05) is 115 Å². The highest BCUT2D eigenvalue weighted by Gasteiger charge is 2.19. The van der Waals surface area contributed by atoms with Crippen molar-refractivity contribution in [2.75, 3.05) is 4.90 Å². The minimum Gasteiger partial charge on any atom is -0.435 e. The highest BCUT2D eigenvalue weighted by atomic mass is 16.3. The maximum absolute atomic E-state index is 6.42. The minimum atomic E-state index is 0.610. The van der Waals surface area contributed by atoms with E-state index in [-0.39, 0.29) is 0 Å². The van der Waals surface area contributed by atoms with Crippen molar-refractivity contribution in [2.45, 2.75) is 0 Å². The Hall–Kier alpha value is -7.43. The molecule has 0 aliphatic rings. The number of benzene rings is 9. The molecule has 0 amide bonds. The molecule has 4 heteroatoms. The number of nitrogens with zero attached hydrogens (tertiary/aromatic N) is 3. The molecule has 11 aromatic rings. The van der Waals surface area contributed by atoms with Crippen molar-refractivity contribution >= 4 is 71.5 Å². The monoisotopic (exact) mass is 703 g/mol. The highest BCUT2D eigenvalue weighted by molar-refractivity contribution is 6.11. The van der Waals surface area contributed by atoms with Gasteiger partial charge in [0.15, 0.2) is 5.58 Å². The Kier molecular flexibility index (Phi) is 7.14. The third-order valence-corrected chi connectivity index (χ3v) is 10.8. The fourth-order valence-electron chi connectivity index (χ4n) is 8.11. The Labute approximate surface area is 317 Å². The first-order valence-corrected chi connectivity index (χ1v) is 18.6. The quantitative estimate of drug-likeness (QED) is 0.173. The second kappa shape index (κ2) is 12.6. The molecular weight excluding hydrogens is 671 g/mol. The summed E-state index contributed by atoms with van der Waals surface area (Å²) >= 11 is 0. The number of hydrogen-bond acceptors (Lipinski definition) is 3. The maximum atomic E-state index is 6.42. The average Bonchev–Trinajstić information content (AvgIpc) is 3.84. The predicted molar refractivity (Wildman–Crippen MR) is 229 cm³/mol. The van der Waals surface area contributed by atoms with Crippen molar-refractivity contribution < 1.29 is 4.42 Å². The molecule has 55 heavy (non-hydrogen) atoms. The number of hydrogen-bond donors (Lipinski definition) is 0. The van der Waals surface area contributed by atoms with E-state index in [4.69, 9.17) is 9.40 Å². The zero-order chi connectivity index (χ0) is 36.3. The van der Waals surface area contributed by atoms with Crippen molar-refractivity contribution in [3.05, 3.63) is 200 Å². The third-order valence-electron chi connectivity index (χ3n) is 10.8. The van der Waals surface area contributed by atoms with Crippen molar-refractivity contribution in [2.24, 2.45) is 0 Å². The molecule has 2 heterocycles. The molecule has 0 saturated carbocycles. The molecular formula is C51H33N3O. The smallest absolute Gasteiger partial charge is 0.227 e. The molecule has 0 aliphatic carbocycles. The molecule has 0 saturated heterocycles. The second-order valence-electron chi connectivity index (χ2n) is 14.0. The van der Waals surface area contributed by atoms with E-state index in [0.29, 0.717) is 5.89 Å². The summed E-state index contributed by atoms with van der Waals surface area (Å²) in [4.78, 5) is 7.22. The second-order valence-corrected chi connectivity index (χ2v) is 14.0. The topological polar surface area (TPSA) is 34.2 Å². The van der Waals surface area contributed by atoms with Crippen molar-refractivity contribution in [1.82, 2.24) is 9.55 Å². The van der Waals surface area contributed by atoms with E-state index in [1.165, 1.54) is 43.7 Å². The van der Waals surface area contributed by atoms with E-state index >= 15 is 0 Å². The first-order chi connectivity index (χ1) is 27.2. The molecule has 0 N–H and O–H groups in total. The molecule has 0 spiro atoms. The molecule has 0 bridgehead atoms. The zero-order valence-electron chi connectivity index (χ0n) is 29.8. The van der Waals surface area contributed by atoms with Crippen LogP contribution >= 0.6 is 0 Å². The first kappa shape index (κ1) is 31.1. The summed E-state index contributed by atoms with van der Waals surface area (Å²) in [5.41, 5.74) is 11.6. The van der Waals surface area contributed by atoms with Gasteiger partial charge in [0.05, 0.1) is 11.0 Å². The summed E-state index contributed by atoms with van der Waals surface area (Å²) < 4.78 is 8.78. The van der Waals surface area contributed by atoms with Crippen LogP contribution in [0.25, 0.3) is 82.7 Å². The third kappa shape index (κ3) is 5.26. The number of oxazole rings is 1. The fourth-order valence-corrected chi connectivity index (χ4v) is 8.11. The van der Waals surface area contributed by atoms with Gasteiger partial charge in [-0.3, -0.25) is 0 Å². The summed E-state index contributed by atoms with van der Waals surface area (Å²) in [6.45, 7) is 0. The Morgan fingerprint density at radius 2 is 1.00 bits per heavy atom. The number of aromatic nitrogens is 2. The van der Waals surface area contributed by atoms with Crippen LogP contribution in [0.4, 0.5) is 17.1 Å². The van der Waals surface area contributed by atoms with Gasteiger partial charge < -0.3 is 13.9 Å². The van der Waals surface area contributed by atoms with E-state index in [2.05, 4.69) is 191 Å². The summed E-state index contributed by atoms with van der Waals surface area (Å²) in [7, 11) is 0. The van der Waals surface area contributed by atoms with E-state index in [9.17, 15) is 0 Å². The number of para-hydroxylation sites is 2. The van der Waals surface area contributed by atoms with Gasteiger partial charge in [-0.25, -0.2) is 4.98 Å². The van der Waals surface area contributed by atoms with Crippen LogP contribution in [0.15, 0.2) is 205 Å². The van der Waals surface area contributed by atoms with Crippen LogP contribution in [-0.4, -0.2) is 9.55 Å². The van der Waals surface area contributed by atoms with Crippen LogP contribution in [0, 0.1) is 0 Å². The molecule has 2 aromatic heterocycles. The lowest BCUT2D eigenvalue weighted by Crippen LogP contribution is -2.10. The highest BCUT2D eigenvalue weighted by Crippen LogP contribution is 2.41. The number of fused-ring (bicyclic) bond motifs is 7. The minimum absolute atomic E-state index is 0.610. The van der Waals surface area contributed by atoms with Crippen LogP contribution in [0.5, 0.6) is 0 Å². The van der Waals surface area contributed by atoms with E-state index in [0.717, 1.165) is 50.2 Å². The first-order valence-electron chi connectivity index (χ1n) is 18.6. The van der Waals surface area contributed by atoms with Crippen LogP contribution in [0.2, 0.25) is 0 Å². The molecule has 0 unspecified atom stereocenters. The lowest BCUT2D eigenvalue weighted by atomic mass is 10.0. The molecule has 9 aromatic carbocycles. The molecule has 0 radical (unpaired) electrons. The number of anilines is 3. The summed E-state index contributed by atoms with van der Waals surface area (Å²) in [6, 6.07) is 71.1. The fraction of sp³-hybridized carbons (Fsp3) is 0. The number of rotatable bonds is 6. The van der Waals surface area contributed by atoms with E-state index < -0.39 is 0 Å². The summed E-state index contributed by atoms with van der Waals surface area (Å²) in [5.74, 6) is 0.610. The van der Waals surface area contributed by atoms with Crippen molar-refractivity contribution in [3.63, 3.8) is 0 Å². The van der Waals surface area contributed by atoms with Gasteiger partial charge in [-0.2, -0.15) is 0 Å². The van der Waals surface area contributed by atoms with Gasteiger partial charge >= 0.3 is 0 Å². The van der Waals surface area contributed by atoms with Crippen molar-refractivity contribution in [1.29, 1.82) is 0 Å². The van der Waals surface area contributed by atoms with Crippen molar-refractivity contribution in [3.8, 4) is 28.3 Å². The average molecular weight is 704 g/mol. The van der Waals surface area contributed by atoms with Gasteiger partial charge in [-0.05, 0) is 112 Å². The van der Waals surface area contributed by atoms with Gasteiger partial charge in [-0.15, -0.1) is 0 Å². The molecule has 4 nitrogen and oxygen atoms in total. The van der Waals surface area contributed by atoms with Gasteiger partial charge in [0, 0.05) is 44.5 Å². The lowest BCUT2D eigenvalue weighted by molar-refractivity contribution is 0.623. The lowest BCUT2D eigenvalue weighted by Gasteiger charge is -2.26. The Morgan fingerprint density at radius 1 is 0.400 bits per heavy atom. The molecule has 0 aliphatic heterocycles. The Morgan fingerprint density at radius 3 is 1.80 bits per heavy atom. The molecule has 0 atom stereocenters. The normalized spacial score (nSPS) is 11.6. The largest absolute Gasteiger partial charge is 0.435 e. The van der Waals surface area contributed by atoms with Gasteiger partial charge in [0.25, 0.3) is 0 Å². The van der Waals surface area contributed by atoms with E-state index in [1.807, 2.05) is 18.2 Å². The van der Waals surface area contributed by atoms with Crippen LogP contribution in [-0.2, 0) is 0 Å². The Balaban J connectivity index is 1.04. The predicted octanol–water partition coefficient (Wildman–Crippen LogP) is 14.0. The molecule has 258 valence electrons. The SMILES string of the molecule is c1ccc(-n2c3ccccc3c3cc(N(c4ccc(-c5ccc6ccccc6c5)cc4)c4ccc(-c5nc6ccc7ccccc7c6o5)cc4)ccc32)cc1. The zero-order valence-corrected chi connectivity index (χ0v) is 29.8. The molecule has 0 fully saturated rings.